The lowest BCUT2D eigenvalue weighted by molar-refractivity contribution is -0.139. The molecule has 1 aliphatic carbocycles. The first kappa shape index (κ1) is 19.2. The summed E-state index contributed by atoms with van der Waals surface area (Å²) in [5.41, 5.74) is -0.373. The van der Waals surface area contributed by atoms with Gasteiger partial charge in [-0.15, -0.1) is 0 Å². The van der Waals surface area contributed by atoms with Gasteiger partial charge in [-0.1, -0.05) is 30.4 Å². The van der Waals surface area contributed by atoms with Gasteiger partial charge in [0.15, 0.2) is 0 Å². The highest BCUT2D eigenvalue weighted by molar-refractivity contribution is 5.97. The molecule has 0 aromatic rings. The van der Waals surface area contributed by atoms with Gasteiger partial charge in [-0.05, 0) is 32.9 Å². The molecule has 1 rings (SSSR count). The van der Waals surface area contributed by atoms with Gasteiger partial charge in [0.05, 0.1) is 0 Å². The number of allylic oxidation sites excluding steroid dienone is 6. The summed E-state index contributed by atoms with van der Waals surface area (Å²) >= 11 is 0. The second kappa shape index (κ2) is 8.71. The standard InChI is InChI=1S/C17H22N2O5/c1-17(2,3)24-16(23)19-13(15(21)22)11-18-14(20)12-9-7-5-4-6-8-10-12/h4-10,13H,11H2,1-3H3,(H,18,20)(H,19,23)(H,21,22)/b5-4-,6-4?,7-5?,8-6-,9-7-,10-8?,12-9?,12-10+/t13-/m1/s1. The van der Waals surface area contributed by atoms with Crippen molar-refractivity contribution in [3.05, 3.63) is 48.1 Å². The van der Waals surface area contributed by atoms with E-state index in [2.05, 4.69) is 10.6 Å². The summed E-state index contributed by atoms with van der Waals surface area (Å²) in [5.74, 6) is -1.71. The molecular formula is C17H22N2O5. The highest BCUT2D eigenvalue weighted by Gasteiger charge is 2.24. The number of aliphatic carboxylic acids is 1. The van der Waals surface area contributed by atoms with E-state index < -0.39 is 29.6 Å². The predicted octanol–water partition coefficient (Wildman–Crippen LogP) is 1.69. The van der Waals surface area contributed by atoms with Crippen LogP contribution in [0.15, 0.2) is 48.1 Å². The van der Waals surface area contributed by atoms with Crippen molar-refractivity contribution in [1.82, 2.24) is 10.6 Å². The van der Waals surface area contributed by atoms with Crippen molar-refractivity contribution < 1.29 is 24.2 Å². The fourth-order valence-electron chi connectivity index (χ4n) is 1.66. The highest BCUT2D eigenvalue weighted by Crippen LogP contribution is 2.07. The normalized spacial score (nSPS) is 21.0. The Kier molecular flexibility index (Phi) is 6.98. The summed E-state index contributed by atoms with van der Waals surface area (Å²) in [6.07, 6.45) is 11.1. The molecule has 7 heteroatoms. The van der Waals surface area contributed by atoms with Gasteiger partial charge < -0.3 is 20.5 Å². The van der Waals surface area contributed by atoms with E-state index in [0.717, 1.165) is 0 Å². The van der Waals surface area contributed by atoms with Crippen LogP contribution in [-0.4, -0.2) is 41.3 Å². The largest absolute Gasteiger partial charge is 0.480 e. The van der Waals surface area contributed by atoms with Crippen molar-refractivity contribution in [2.24, 2.45) is 0 Å². The molecule has 0 aromatic heterocycles. The quantitative estimate of drug-likeness (QED) is 0.709. The molecule has 24 heavy (non-hydrogen) atoms. The minimum Gasteiger partial charge on any atom is -0.480 e. The first-order chi connectivity index (χ1) is 11.2. The molecule has 3 N–H and O–H groups in total. The Bertz CT molecular complexity index is 609. The Labute approximate surface area is 140 Å². The number of carboxylic acids is 1. The molecule has 0 spiro atoms. The Balaban J connectivity index is 2.61. The van der Waals surface area contributed by atoms with Crippen LogP contribution in [0.5, 0.6) is 0 Å². The zero-order chi connectivity index (χ0) is 18.2. The lowest BCUT2D eigenvalue weighted by Crippen LogP contribution is -2.49. The van der Waals surface area contributed by atoms with E-state index in [1.165, 1.54) is 0 Å². The lowest BCUT2D eigenvalue weighted by atomic mass is 10.1. The fraction of sp³-hybridized carbons (Fsp3) is 0.353. The smallest absolute Gasteiger partial charge is 0.408 e. The third kappa shape index (κ3) is 7.44. The number of ether oxygens (including phenoxy) is 1. The number of hydrogen-bond donors (Lipinski definition) is 3. The van der Waals surface area contributed by atoms with Crippen LogP contribution in [0.4, 0.5) is 4.79 Å². The lowest BCUT2D eigenvalue weighted by Gasteiger charge is -2.22. The molecule has 0 radical (unpaired) electrons. The van der Waals surface area contributed by atoms with Gasteiger partial charge in [-0.2, -0.15) is 0 Å². The van der Waals surface area contributed by atoms with Crippen LogP contribution in [-0.2, 0) is 14.3 Å². The highest BCUT2D eigenvalue weighted by atomic mass is 16.6. The van der Waals surface area contributed by atoms with Crippen LogP contribution in [0, 0.1) is 0 Å². The number of alkyl carbamates (subject to hydrolysis) is 1. The molecule has 0 bridgehead atoms. The number of amides is 2. The van der Waals surface area contributed by atoms with Crippen LogP contribution in [0.1, 0.15) is 20.8 Å². The van der Waals surface area contributed by atoms with Crippen molar-refractivity contribution in [3.63, 3.8) is 0 Å². The van der Waals surface area contributed by atoms with Crippen LogP contribution in [0.2, 0.25) is 0 Å². The Hall–Kier alpha value is -2.83. The first-order valence-corrected chi connectivity index (χ1v) is 7.41. The second-order valence-electron chi connectivity index (χ2n) is 6.00. The van der Waals surface area contributed by atoms with Crippen LogP contribution < -0.4 is 10.6 Å². The summed E-state index contributed by atoms with van der Waals surface area (Å²) in [5, 5.41) is 13.9. The second-order valence-corrected chi connectivity index (χ2v) is 6.00. The number of carboxylic acid groups (broad SMARTS) is 1. The topological polar surface area (TPSA) is 105 Å². The zero-order valence-electron chi connectivity index (χ0n) is 13.9. The number of hydrogen-bond acceptors (Lipinski definition) is 4. The molecule has 0 aromatic carbocycles. The maximum Gasteiger partial charge on any atom is 0.408 e. The first-order valence-electron chi connectivity index (χ1n) is 7.41. The van der Waals surface area contributed by atoms with E-state index in [4.69, 9.17) is 9.84 Å². The van der Waals surface area contributed by atoms with E-state index >= 15 is 0 Å². The molecule has 0 saturated heterocycles. The van der Waals surface area contributed by atoms with E-state index in [0.29, 0.717) is 5.57 Å². The average Bonchev–Trinajstić information content (AvgIpc) is 2.40. The maximum absolute atomic E-state index is 12.1. The molecule has 0 heterocycles. The minimum absolute atomic E-state index is 0.266. The molecule has 0 saturated carbocycles. The van der Waals surface area contributed by atoms with E-state index in [9.17, 15) is 14.4 Å². The van der Waals surface area contributed by atoms with Crippen molar-refractivity contribution in [2.75, 3.05) is 6.54 Å². The van der Waals surface area contributed by atoms with E-state index in [1.54, 1.807) is 57.2 Å². The summed E-state index contributed by atoms with van der Waals surface area (Å²) in [4.78, 5) is 35.0. The van der Waals surface area contributed by atoms with Gasteiger partial charge >= 0.3 is 12.1 Å². The van der Waals surface area contributed by atoms with Crippen LogP contribution in [0.25, 0.3) is 0 Å². The SMILES string of the molecule is CC(C)(C)OC(=O)N[C@H](CNC(=O)C1=C/C=C\C=C/C=C\1)C(=O)O. The Morgan fingerprint density at radius 3 is 2.38 bits per heavy atom. The van der Waals surface area contributed by atoms with Gasteiger partial charge in [0.25, 0.3) is 5.91 Å². The molecule has 0 aliphatic heterocycles. The van der Waals surface area contributed by atoms with Crippen LogP contribution in [0.3, 0.4) is 0 Å². The van der Waals surface area contributed by atoms with Crippen molar-refractivity contribution in [1.29, 1.82) is 0 Å². The van der Waals surface area contributed by atoms with Gasteiger partial charge in [-0.25, -0.2) is 9.59 Å². The molecular weight excluding hydrogens is 312 g/mol. The summed E-state index contributed by atoms with van der Waals surface area (Å²) in [7, 11) is 0. The number of carbonyl (C=O) groups excluding carboxylic acids is 2. The summed E-state index contributed by atoms with van der Waals surface area (Å²) < 4.78 is 5.01. The molecule has 0 unspecified atom stereocenters. The van der Waals surface area contributed by atoms with Gasteiger partial charge in [-0.3, -0.25) is 4.79 Å². The number of carbonyl (C=O) groups is 3. The van der Waals surface area contributed by atoms with Gasteiger partial charge in [0.2, 0.25) is 0 Å². The Morgan fingerprint density at radius 2 is 1.75 bits per heavy atom. The maximum atomic E-state index is 12.1. The predicted molar refractivity (Wildman–Crippen MR) is 89.3 cm³/mol. The van der Waals surface area contributed by atoms with Crippen molar-refractivity contribution >= 4 is 18.0 Å². The minimum atomic E-state index is -1.29. The molecule has 0 fully saturated rings. The number of rotatable bonds is 5. The Morgan fingerprint density at radius 1 is 1.12 bits per heavy atom. The molecule has 1 aliphatic rings. The van der Waals surface area contributed by atoms with Crippen LogP contribution >= 0.6 is 0 Å². The third-order valence-corrected chi connectivity index (χ3v) is 2.71. The van der Waals surface area contributed by atoms with Gasteiger partial charge in [0.1, 0.15) is 11.6 Å². The van der Waals surface area contributed by atoms with E-state index in [-0.39, 0.29) is 6.54 Å². The molecule has 7 nitrogen and oxygen atoms in total. The molecule has 1 atom stereocenters. The summed E-state index contributed by atoms with van der Waals surface area (Å²) in [6, 6.07) is -1.29. The fourth-order valence-corrected chi connectivity index (χ4v) is 1.66. The average molecular weight is 334 g/mol. The van der Waals surface area contributed by atoms with Crippen molar-refractivity contribution in [3.8, 4) is 0 Å². The monoisotopic (exact) mass is 334 g/mol. The van der Waals surface area contributed by atoms with Crippen molar-refractivity contribution in [2.45, 2.75) is 32.4 Å². The zero-order valence-corrected chi connectivity index (χ0v) is 13.9. The third-order valence-electron chi connectivity index (χ3n) is 2.71. The molecule has 2 amide bonds. The number of nitrogens with one attached hydrogen (secondary N) is 2. The summed E-state index contributed by atoms with van der Waals surface area (Å²) in [6.45, 7) is 4.73. The van der Waals surface area contributed by atoms with Gasteiger partial charge in [0, 0.05) is 12.1 Å². The molecule has 130 valence electrons. The van der Waals surface area contributed by atoms with E-state index in [1.807, 2.05) is 6.08 Å².